The first kappa shape index (κ1) is 32.0. The molecule has 8 nitrogen and oxygen atoms in total. The summed E-state index contributed by atoms with van der Waals surface area (Å²) < 4.78 is 53.1. The van der Waals surface area contributed by atoms with E-state index in [1.165, 1.54) is 6.26 Å². The van der Waals surface area contributed by atoms with Gasteiger partial charge in [-0.05, 0) is 77.2 Å². The maximum atomic E-state index is 12.0. The number of aliphatic hydroxyl groups excluding tert-OH is 1. The van der Waals surface area contributed by atoms with Crippen molar-refractivity contribution < 1.29 is 37.2 Å². The Morgan fingerprint density at radius 3 is 2.02 bits per heavy atom. The second-order valence-corrected chi connectivity index (χ2v) is 12.3. The largest absolute Gasteiger partial charge is 0.491 e. The molecule has 0 aliphatic rings. The summed E-state index contributed by atoms with van der Waals surface area (Å²) in [6, 6.07) is 34.0. The molecule has 0 aliphatic heterocycles. The monoisotopic (exact) mass is 628 g/mol. The molecule has 0 spiro atoms. The molecule has 0 aromatic heterocycles. The van der Waals surface area contributed by atoms with Crippen molar-refractivity contribution in [1.29, 1.82) is 0 Å². The second kappa shape index (κ2) is 15.5. The van der Waals surface area contributed by atoms with Crippen LogP contribution in [0, 0.1) is 0 Å². The van der Waals surface area contributed by atoms with Crippen LogP contribution in [0.2, 0.25) is 0 Å². The van der Waals surface area contributed by atoms with Crippen LogP contribution in [-0.4, -0.2) is 59.4 Å². The Kier molecular flexibility index (Phi) is 11.1. The highest BCUT2D eigenvalue weighted by Gasteiger charge is 2.15. The molecule has 0 amide bonds. The third-order valence-corrected chi connectivity index (χ3v) is 8.06. The summed E-state index contributed by atoms with van der Waals surface area (Å²) in [6.07, 6.45) is 1.19. The van der Waals surface area contributed by atoms with Crippen molar-refractivity contribution in [2.24, 2.45) is 0 Å². The number of aliphatic hydroxyl groups is 1. The maximum Gasteiger partial charge on any atom is 0.175 e. The molecule has 0 heterocycles. The fourth-order valence-corrected chi connectivity index (χ4v) is 5.29. The molecule has 45 heavy (non-hydrogen) atoms. The summed E-state index contributed by atoms with van der Waals surface area (Å²) in [5.74, 6) is 2.67. The van der Waals surface area contributed by atoms with Gasteiger partial charge >= 0.3 is 0 Å². The van der Waals surface area contributed by atoms with E-state index in [1.807, 2.05) is 84.9 Å². The van der Waals surface area contributed by atoms with Gasteiger partial charge in [-0.25, -0.2) is 8.42 Å². The highest BCUT2D eigenvalue weighted by atomic mass is 32.2. The summed E-state index contributed by atoms with van der Waals surface area (Å²) in [7, 11) is -3.32. The number of rotatable bonds is 16. The molecule has 0 radical (unpaired) electrons. The first-order valence-corrected chi connectivity index (χ1v) is 16.5. The Morgan fingerprint density at radius 1 is 0.644 bits per heavy atom. The van der Waals surface area contributed by atoms with Gasteiger partial charge in [0.1, 0.15) is 36.2 Å². The second-order valence-electron chi connectivity index (χ2n) is 10.3. The van der Waals surface area contributed by atoms with Gasteiger partial charge in [0.25, 0.3) is 0 Å². The van der Waals surface area contributed by atoms with Crippen molar-refractivity contribution in [1.82, 2.24) is 0 Å². The van der Waals surface area contributed by atoms with Crippen LogP contribution >= 0.6 is 0 Å². The lowest BCUT2D eigenvalue weighted by Crippen LogP contribution is -2.11. The molecule has 0 fully saturated rings. The van der Waals surface area contributed by atoms with E-state index in [9.17, 15) is 8.42 Å². The van der Waals surface area contributed by atoms with E-state index in [0.717, 1.165) is 33.2 Å². The maximum absolute atomic E-state index is 12.0. The molecule has 0 bridgehead atoms. The number of hydrogen-bond donors (Lipinski definition) is 1. The lowest BCUT2D eigenvalue weighted by atomic mass is 9.99. The molecule has 5 aromatic rings. The molecule has 0 saturated carbocycles. The standard InChI is InChI=1S/C36H36O8S/c1-45(38,39)33-15-7-28(8-16-33)34-17-9-29-25-32(43-26-27-5-3-2-4-6-27)14-18-35(29)36(34)44-31-12-10-30(11-13-31)42-24-23-41-22-21-40-20-19-37/h2-18,25,37H,19-24,26H2,1H3. The lowest BCUT2D eigenvalue weighted by Gasteiger charge is -2.16. The normalized spacial score (nSPS) is 11.4. The SMILES string of the molecule is CS(=O)(=O)c1ccc(-c2ccc3cc(OCc4ccccc4)ccc3c2Oc2ccc(OCCOCCOCCO)cc2)cc1. The van der Waals surface area contributed by atoms with E-state index in [2.05, 4.69) is 0 Å². The predicted octanol–water partition coefficient (Wildman–Crippen LogP) is 6.69. The van der Waals surface area contributed by atoms with Crippen LogP contribution in [0.15, 0.2) is 114 Å². The summed E-state index contributed by atoms with van der Waals surface area (Å²) in [5.41, 5.74) is 2.73. The fraction of sp³-hybridized carbons (Fsp3) is 0.222. The van der Waals surface area contributed by atoms with E-state index < -0.39 is 9.84 Å². The summed E-state index contributed by atoms with van der Waals surface area (Å²) in [5, 5.41) is 10.5. The van der Waals surface area contributed by atoms with Gasteiger partial charge in [-0.3, -0.25) is 0 Å². The van der Waals surface area contributed by atoms with Gasteiger partial charge in [-0.2, -0.15) is 0 Å². The highest BCUT2D eigenvalue weighted by Crippen LogP contribution is 2.41. The number of benzene rings is 5. The minimum absolute atomic E-state index is 0.00576. The molecule has 0 saturated heterocycles. The molecule has 1 N–H and O–H groups in total. The third-order valence-electron chi connectivity index (χ3n) is 6.93. The van der Waals surface area contributed by atoms with Crippen molar-refractivity contribution in [3.05, 3.63) is 115 Å². The van der Waals surface area contributed by atoms with E-state index in [1.54, 1.807) is 24.3 Å². The topological polar surface area (TPSA) is 101 Å². The fourth-order valence-electron chi connectivity index (χ4n) is 4.66. The highest BCUT2D eigenvalue weighted by molar-refractivity contribution is 7.90. The van der Waals surface area contributed by atoms with E-state index >= 15 is 0 Å². The summed E-state index contributed by atoms with van der Waals surface area (Å²) in [6.45, 7) is 2.40. The van der Waals surface area contributed by atoms with Gasteiger partial charge in [-0.15, -0.1) is 0 Å². The van der Waals surface area contributed by atoms with Crippen molar-refractivity contribution in [2.45, 2.75) is 11.5 Å². The smallest absolute Gasteiger partial charge is 0.175 e. The Morgan fingerprint density at radius 2 is 1.31 bits per heavy atom. The van der Waals surface area contributed by atoms with Crippen LogP contribution in [0.4, 0.5) is 0 Å². The molecule has 5 rings (SSSR count). The minimum Gasteiger partial charge on any atom is -0.491 e. The van der Waals surface area contributed by atoms with Crippen molar-refractivity contribution >= 4 is 20.6 Å². The quantitative estimate of drug-likeness (QED) is 0.121. The van der Waals surface area contributed by atoms with E-state index in [0.29, 0.717) is 56.9 Å². The zero-order chi connectivity index (χ0) is 31.5. The molecule has 0 atom stereocenters. The van der Waals surface area contributed by atoms with Gasteiger partial charge in [0.2, 0.25) is 0 Å². The van der Waals surface area contributed by atoms with Crippen LogP contribution in [0.1, 0.15) is 5.56 Å². The van der Waals surface area contributed by atoms with Crippen LogP contribution in [-0.2, 0) is 25.9 Å². The molecule has 0 unspecified atom stereocenters. The summed E-state index contributed by atoms with van der Waals surface area (Å²) in [4.78, 5) is 0.255. The number of fused-ring (bicyclic) bond motifs is 1. The molecule has 234 valence electrons. The zero-order valence-electron chi connectivity index (χ0n) is 25.1. The molecular formula is C36H36O8S. The van der Waals surface area contributed by atoms with Crippen molar-refractivity contribution in [2.75, 3.05) is 45.9 Å². The lowest BCUT2D eigenvalue weighted by molar-refractivity contribution is 0.0247. The van der Waals surface area contributed by atoms with E-state index in [4.69, 9.17) is 28.8 Å². The molecular weight excluding hydrogens is 592 g/mol. The van der Waals surface area contributed by atoms with Gasteiger partial charge in [0, 0.05) is 17.2 Å². The Bertz CT molecular complexity index is 1770. The van der Waals surface area contributed by atoms with Gasteiger partial charge in [0.05, 0.1) is 37.9 Å². The van der Waals surface area contributed by atoms with E-state index in [-0.39, 0.29) is 11.5 Å². The van der Waals surface area contributed by atoms with Crippen molar-refractivity contribution in [3.63, 3.8) is 0 Å². The first-order valence-electron chi connectivity index (χ1n) is 14.6. The number of sulfone groups is 1. The van der Waals surface area contributed by atoms with Crippen LogP contribution in [0.5, 0.6) is 23.0 Å². The Labute approximate surface area is 263 Å². The first-order chi connectivity index (χ1) is 21.9. The predicted molar refractivity (Wildman–Crippen MR) is 174 cm³/mol. The summed E-state index contributed by atoms with van der Waals surface area (Å²) >= 11 is 0. The van der Waals surface area contributed by atoms with Crippen LogP contribution in [0.3, 0.4) is 0 Å². The minimum atomic E-state index is -3.32. The van der Waals surface area contributed by atoms with Crippen LogP contribution in [0.25, 0.3) is 21.9 Å². The average molecular weight is 629 g/mol. The third kappa shape index (κ3) is 9.06. The molecule has 9 heteroatoms. The number of ether oxygens (including phenoxy) is 5. The van der Waals surface area contributed by atoms with Gasteiger partial charge in [0.15, 0.2) is 9.84 Å². The Hall–Kier alpha value is -4.41. The van der Waals surface area contributed by atoms with Crippen molar-refractivity contribution in [3.8, 4) is 34.1 Å². The molecule has 5 aromatic carbocycles. The zero-order valence-corrected chi connectivity index (χ0v) is 25.9. The van der Waals surface area contributed by atoms with Gasteiger partial charge in [-0.1, -0.05) is 48.5 Å². The average Bonchev–Trinajstić information content (AvgIpc) is 3.06. The Balaban J connectivity index is 1.35. The van der Waals surface area contributed by atoms with Crippen LogP contribution < -0.4 is 14.2 Å². The number of hydrogen-bond acceptors (Lipinski definition) is 8. The molecule has 0 aliphatic carbocycles. The van der Waals surface area contributed by atoms with Gasteiger partial charge < -0.3 is 28.8 Å².